The Morgan fingerprint density at radius 1 is 1.28 bits per heavy atom. The third-order valence-corrected chi connectivity index (χ3v) is 7.33. The SMILES string of the molecule is COC(CF)CN(CCCCc1ccc2c(n1)NCCC2)CCC(NC(=O)C(C)c1ncccc1Cl)C(=O)O. The molecule has 0 radical (unpaired) electrons. The van der Waals surface area contributed by atoms with Crippen molar-refractivity contribution in [3.8, 4) is 0 Å². The first-order chi connectivity index (χ1) is 18.8. The number of hydrogen-bond acceptors (Lipinski definition) is 7. The molecule has 0 saturated carbocycles. The number of pyridine rings is 2. The number of anilines is 1. The summed E-state index contributed by atoms with van der Waals surface area (Å²) >= 11 is 6.16. The van der Waals surface area contributed by atoms with Crippen molar-refractivity contribution in [1.82, 2.24) is 20.2 Å². The van der Waals surface area contributed by atoms with Crippen LogP contribution in [0.1, 0.15) is 55.5 Å². The Hall–Kier alpha value is -2.82. The molecule has 3 unspecified atom stereocenters. The number of nitrogens with one attached hydrogen (secondary N) is 2. The van der Waals surface area contributed by atoms with Crippen molar-refractivity contribution in [2.75, 3.05) is 45.3 Å². The zero-order valence-corrected chi connectivity index (χ0v) is 23.4. The van der Waals surface area contributed by atoms with Crippen molar-refractivity contribution >= 4 is 29.3 Å². The fraction of sp³-hybridized carbons (Fsp3) is 0.571. The first kappa shape index (κ1) is 30.7. The van der Waals surface area contributed by atoms with Gasteiger partial charge in [-0.15, -0.1) is 0 Å². The molecule has 2 aromatic heterocycles. The van der Waals surface area contributed by atoms with Gasteiger partial charge in [-0.05, 0) is 75.8 Å². The number of aromatic nitrogens is 2. The number of carboxylic acid groups (broad SMARTS) is 1. The Bertz CT molecular complexity index is 1090. The normalized spacial score (nSPS) is 15.2. The quantitative estimate of drug-likeness (QED) is 0.264. The fourth-order valence-corrected chi connectivity index (χ4v) is 4.91. The molecule has 39 heavy (non-hydrogen) atoms. The number of rotatable bonds is 16. The van der Waals surface area contributed by atoms with Gasteiger partial charge >= 0.3 is 5.97 Å². The van der Waals surface area contributed by atoms with Crippen molar-refractivity contribution < 1.29 is 23.8 Å². The minimum atomic E-state index is -1.14. The summed E-state index contributed by atoms with van der Waals surface area (Å²) < 4.78 is 18.6. The summed E-state index contributed by atoms with van der Waals surface area (Å²) in [4.78, 5) is 35.6. The van der Waals surface area contributed by atoms with Crippen LogP contribution < -0.4 is 10.6 Å². The highest BCUT2D eigenvalue weighted by Crippen LogP contribution is 2.22. The van der Waals surface area contributed by atoms with Crippen molar-refractivity contribution in [2.45, 2.75) is 63.5 Å². The third kappa shape index (κ3) is 9.40. The smallest absolute Gasteiger partial charge is 0.326 e. The maximum Gasteiger partial charge on any atom is 0.326 e. The van der Waals surface area contributed by atoms with E-state index in [1.807, 2.05) is 4.90 Å². The number of methoxy groups -OCH3 is 1. The van der Waals surface area contributed by atoms with E-state index in [0.29, 0.717) is 30.4 Å². The number of carbonyl (C=O) groups excluding carboxylic acids is 1. The predicted molar refractivity (Wildman–Crippen MR) is 149 cm³/mol. The summed E-state index contributed by atoms with van der Waals surface area (Å²) in [6, 6.07) is 6.41. The van der Waals surface area contributed by atoms with E-state index in [1.54, 1.807) is 19.1 Å². The highest BCUT2D eigenvalue weighted by Gasteiger charge is 2.26. The number of ether oxygens (including phenoxy) is 1. The third-order valence-electron chi connectivity index (χ3n) is 7.02. The Morgan fingerprint density at radius 3 is 2.82 bits per heavy atom. The Kier molecular flexibility index (Phi) is 12.4. The lowest BCUT2D eigenvalue weighted by atomic mass is 10.0. The second kappa shape index (κ2) is 15.7. The molecule has 1 aliphatic rings. The number of alkyl halides is 1. The van der Waals surface area contributed by atoms with Crippen LogP contribution in [0.5, 0.6) is 0 Å². The molecule has 3 N–H and O–H groups in total. The first-order valence-electron chi connectivity index (χ1n) is 13.5. The number of amides is 1. The highest BCUT2D eigenvalue weighted by molar-refractivity contribution is 6.31. The first-order valence-corrected chi connectivity index (χ1v) is 13.9. The van der Waals surface area contributed by atoms with Crippen molar-refractivity contribution in [3.05, 3.63) is 52.4 Å². The standard InChI is InChI=1S/C28H39ClFN5O4/c1-19(25-23(29)9-6-13-31-25)27(36)34-24(28(37)38)12-16-35(18-22(17-30)39-2)15-4-3-8-21-11-10-20-7-5-14-32-26(20)33-21/h6,9-11,13,19,22,24H,3-5,7-8,12,14-18H2,1-2H3,(H,32,33)(H,34,36)(H,37,38). The Labute approximate surface area is 234 Å². The molecule has 3 atom stereocenters. The van der Waals surface area contributed by atoms with Gasteiger partial charge in [0.15, 0.2) is 0 Å². The van der Waals surface area contributed by atoms with E-state index in [9.17, 15) is 19.1 Å². The summed E-state index contributed by atoms with van der Waals surface area (Å²) in [5.41, 5.74) is 2.67. The highest BCUT2D eigenvalue weighted by atomic mass is 35.5. The van der Waals surface area contributed by atoms with Crippen molar-refractivity contribution in [2.24, 2.45) is 0 Å². The van der Waals surface area contributed by atoms with E-state index in [1.165, 1.54) is 18.9 Å². The molecule has 11 heteroatoms. The number of carboxylic acids is 1. The molecule has 1 amide bonds. The van der Waals surface area contributed by atoms with E-state index in [4.69, 9.17) is 21.3 Å². The van der Waals surface area contributed by atoms with Crippen LogP contribution in [0.4, 0.5) is 10.2 Å². The topological polar surface area (TPSA) is 117 Å². The van der Waals surface area contributed by atoms with Gasteiger partial charge in [0.1, 0.15) is 18.5 Å². The van der Waals surface area contributed by atoms with E-state index >= 15 is 0 Å². The monoisotopic (exact) mass is 563 g/mol. The maximum atomic E-state index is 13.4. The van der Waals surface area contributed by atoms with Gasteiger partial charge in [-0.1, -0.05) is 17.7 Å². The second-order valence-corrected chi connectivity index (χ2v) is 10.3. The zero-order chi connectivity index (χ0) is 28.2. The van der Waals surface area contributed by atoms with E-state index < -0.39 is 36.6 Å². The van der Waals surface area contributed by atoms with Gasteiger partial charge in [-0.3, -0.25) is 9.78 Å². The largest absolute Gasteiger partial charge is 0.480 e. The summed E-state index contributed by atoms with van der Waals surface area (Å²) in [6.45, 7) is 3.27. The average Bonchev–Trinajstić information content (AvgIpc) is 2.95. The van der Waals surface area contributed by atoms with Gasteiger partial charge in [-0.25, -0.2) is 14.2 Å². The molecule has 3 heterocycles. The number of hydrogen-bond donors (Lipinski definition) is 3. The van der Waals surface area contributed by atoms with Crippen LogP contribution in [0.15, 0.2) is 30.5 Å². The molecule has 1 aliphatic heterocycles. The van der Waals surface area contributed by atoms with E-state index in [-0.39, 0.29) is 6.42 Å². The number of nitrogens with zero attached hydrogens (tertiary/aromatic N) is 3. The fourth-order valence-electron chi connectivity index (χ4n) is 4.62. The average molecular weight is 564 g/mol. The molecule has 0 fully saturated rings. The minimum absolute atomic E-state index is 0.157. The molecule has 3 rings (SSSR count). The summed E-state index contributed by atoms with van der Waals surface area (Å²) in [5, 5.41) is 16.1. The van der Waals surface area contributed by atoms with Crippen LogP contribution in [0.3, 0.4) is 0 Å². The molecule has 0 saturated heterocycles. The van der Waals surface area contributed by atoms with Gasteiger partial charge in [-0.2, -0.15) is 0 Å². The number of aliphatic carboxylic acids is 1. The van der Waals surface area contributed by atoms with Crippen LogP contribution in [0, 0.1) is 0 Å². The molecule has 0 aliphatic carbocycles. The molecule has 0 aromatic carbocycles. The summed E-state index contributed by atoms with van der Waals surface area (Å²) in [5.74, 6) is -1.34. The van der Waals surface area contributed by atoms with Crippen LogP contribution in [0.2, 0.25) is 5.02 Å². The number of carbonyl (C=O) groups is 2. The van der Waals surface area contributed by atoms with Crippen LogP contribution >= 0.6 is 11.6 Å². The number of fused-ring (bicyclic) bond motifs is 1. The van der Waals surface area contributed by atoms with Crippen molar-refractivity contribution in [1.29, 1.82) is 0 Å². The molecule has 9 nitrogen and oxygen atoms in total. The molecular formula is C28H39ClFN5O4. The van der Waals surface area contributed by atoms with Gasteiger partial charge in [0.25, 0.3) is 0 Å². The van der Waals surface area contributed by atoms with Crippen LogP contribution in [0.25, 0.3) is 0 Å². The lowest BCUT2D eigenvalue weighted by molar-refractivity contribution is -0.142. The van der Waals surface area contributed by atoms with Gasteiger partial charge < -0.3 is 25.4 Å². The second-order valence-electron chi connectivity index (χ2n) is 9.89. The van der Waals surface area contributed by atoms with Gasteiger partial charge in [0.05, 0.1) is 22.7 Å². The predicted octanol–water partition coefficient (Wildman–Crippen LogP) is 3.86. The van der Waals surface area contributed by atoms with Gasteiger partial charge in [0, 0.05) is 38.6 Å². The molecular weight excluding hydrogens is 525 g/mol. The number of aryl methyl sites for hydroxylation is 2. The van der Waals surface area contributed by atoms with Crippen molar-refractivity contribution in [3.63, 3.8) is 0 Å². The molecule has 0 spiro atoms. The van der Waals surface area contributed by atoms with Crippen LogP contribution in [-0.2, 0) is 27.2 Å². The lowest BCUT2D eigenvalue weighted by Gasteiger charge is -2.27. The minimum Gasteiger partial charge on any atom is -0.480 e. The summed E-state index contributed by atoms with van der Waals surface area (Å²) in [7, 11) is 1.46. The molecule has 2 aromatic rings. The molecule has 214 valence electrons. The lowest BCUT2D eigenvalue weighted by Crippen LogP contribution is -2.45. The zero-order valence-electron chi connectivity index (χ0n) is 22.7. The molecule has 0 bridgehead atoms. The van der Waals surface area contributed by atoms with Crippen LogP contribution in [-0.4, -0.2) is 84.0 Å². The summed E-state index contributed by atoms with van der Waals surface area (Å²) in [6.07, 6.45) is 5.79. The van der Waals surface area contributed by atoms with Gasteiger partial charge in [0.2, 0.25) is 5.91 Å². The van der Waals surface area contributed by atoms with E-state index in [2.05, 4.69) is 27.8 Å². The van der Waals surface area contributed by atoms with E-state index in [0.717, 1.165) is 50.2 Å². The number of halogens is 2. The Balaban J connectivity index is 1.54. The Morgan fingerprint density at radius 2 is 2.10 bits per heavy atom. The number of unbranched alkanes of at least 4 members (excludes halogenated alkanes) is 1. The maximum absolute atomic E-state index is 13.4.